The van der Waals surface area contributed by atoms with Crippen LogP contribution in [0.3, 0.4) is 0 Å². The third kappa shape index (κ3) is 3.62. The van der Waals surface area contributed by atoms with Crippen molar-refractivity contribution in [1.29, 1.82) is 0 Å². The van der Waals surface area contributed by atoms with Crippen molar-refractivity contribution in [3.05, 3.63) is 23.2 Å². The Morgan fingerprint density at radius 3 is 2.62 bits per heavy atom. The summed E-state index contributed by atoms with van der Waals surface area (Å²) in [5.41, 5.74) is 0.772. The predicted molar refractivity (Wildman–Crippen MR) is 106 cm³/mol. The van der Waals surface area contributed by atoms with Crippen LogP contribution >= 0.6 is 0 Å². The van der Waals surface area contributed by atoms with Crippen molar-refractivity contribution in [2.24, 2.45) is 23.2 Å². The van der Waals surface area contributed by atoms with Gasteiger partial charge in [-0.1, -0.05) is 34.1 Å². The van der Waals surface area contributed by atoms with Crippen LogP contribution in [0.5, 0.6) is 0 Å². The molecule has 0 bridgehead atoms. The van der Waals surface area contributed by atoms with Gasteiger partial charge in [0.2, 0.25) is 5.78 Å². The highest BCUT2D eigenvalue weighted by Crippen LogP contribution is 2.59. The van der Waals surface area contributed by atoms with Crippen LogP contribution in [-0.4, -0.2) is 23.8 Å². The molecule has 160 valence electrons. The van der Waals surface area contributed by atoms with Gasteiger partial charge in [-0.2, -0.15) is 0 Å². The molecule has 1 heterocycles. The molecule has 0 saturated heterocycles. The molecule has 1 aromatic rings. The minimum absolute atomic E-state index is 0.0461. The zero-order chi connectivity index (χ0) is 21.5. The van der Waals surface area contributed by atoms with Gasteiger partial charge in [-0.25, -0.2) is 0 Å². The standard InChI is InChI=1S/C23H32O6/c1-7-12(2)10-18(25)29-17-9-8-16-20(26)21-19(13(3)11-27-21)22(28-15(5)24)23(16,6)14(17)4/h11-12,14,16-17,22H,7-10H2,1-6H3/t12-,14-,16-,17+,22+,23+/m0/s1. The first-order valence-electron chi connectivity index (χ1n) is 10.6. The van der Waals surface area contributed by atoms with Gasteiger partial charge in [0.25, 0.3) is 0 Å². The minimum Gasteiger partial charge on any atom is -0.462 e. The molecule has 0 N–H and O–H groups in total. The fourth-order valence-electron chi connectivity index (χ4n) is 5.04. The molecule has 1 saturated carbocycles. The van der Waals surface area contributed by atoms with Gasteiger partial charge in [0.05, 0.1) is 6.26 Å². The predicted octanol–water partition coefficient (Wildman–Crippen LogP) is 4.79. The monoisotopic (exact) mass is 404 g/mol. The molecule has 1 fully saturated rings. The average Bonchev–Trinajstić information content (AvgIpc) is 3.03. The van der Waals surface area contributed by atoms with Gasteiger partial charge in [0, 0.05) is 36.2 Å². The first-order valence-corrected chi connectivity index (χ1v) is 10.6. The number of Topliss-reactive ketones (excluding diaryl/α,β-unsaturated/α-hetero) is 1. The third-order valence-electron chi connectivity index (χ3n) is 7.20. The smallest absolute Gasteiger partial charge is 0.306 e. The number of hydrogen-bond acceptors (Lipinski definition) is 6. The molecule has 0 radical (unpaired) electrons. The van der Waals surface area contributed by atoms with Crippen LogP contribution in [0.25, 0.3) is 0 Å². The number of esters is 2. The lowest BCUT2D eigenvalue weighted by atomic mass is 9.53. The van der Waals surface area contributed by atoms with E-state index >= 15 is 0 Å². The van der Waals surface area contributed by atoms with E-state index in [4.69, 9.17) is 13.9 Å². The Labute approximate surface area is 172 Å². The molecular formula is C23H32O6. The summed E-state index contributed by atoms with van der Waals surface area (Å²) >= 11 is 0. The van der Waals surface area contributed by atoms with E-state index in [1.807, 2.05) is 27.7 Å². The molecule has 6 atom stereocenters. The molecule has 1 aromatic heterocycles. The second-order valence-electron chi connectivity index (χ2n) is 9.05. The molecule has 3 rings (SSSR count). The highest BCUT2D eigenvalue weighted by Gasteiger charge is 2.61. The Kier molecular flexibility index (Phi) is 5.93. The van der Waals surface area contributed by atoms with Gasteiger partial charge in [-0.3, -0.25) is 14.4 Å². The van der Waals surface area contributed by atoms with Gasteiger partial charge < -0.3 is 13.9 Å². The van der Waals surface area contributed by atoms with Crippen LogP contribution in [0.1, 0.15) is 88.1 Å². The summed E-state index contributed by atoms with van der Waals surface area (Å²) in [5, 5.41) is 0. The molecular weight excluding hydrogens is 372 g/mol. The number of hydrogen-bond donors (Lipinski definition) is 0. The van der Waals surface area contributed by atoms with Crippen molar-refractivity contribution in [3.8, 4) is 0 Å². The van der Waals surface area contributed by atoms with Gasteiger partial charge >= 0.3 is 11.9 Å². The highest BCUT2D eigenvalue weighted by atomic mass is 16.6. The Hall–Kier alpha value is -2.11. The van der Waals surface area contributed by atoms with Crippen LogP contribution in [0.4, 0.5) is 0 Å². The summed E-state index contributed by atoms with van der Waals surface area (Å²) in [6, 6.07) is 0. The maximum absolute atomic E-state index is 13.2. The molecule has 2 aliphatic rings. The number of ketones is 1. The summed E-state index contributed by atoms with van der Waals surface area (Å²) in [6.45, 7) is 11.3. The lowest BCUT2D eigenvalue weighted by Crippen LogP contribution is -2.55. The second kappa shape index (κ2) is 7.96. The number of furan rings is 1. The van der Waals surface area contributed by atoms with Crippen LogP contribution in [0, 0.1) is 30.1 Å². The quantitative estimate of drug-likeness (QED) is 0.656. The highest BCUT2D eigenvalue weighted by molar-refractivity contribution is 5.99. The summed E-state index contributed by atoms with van der Waals surface area (Å²) in [7, 11) is 0. The Morgan fingerprint density at radius 2 is 2.00 bits per heavy atom. The number of carbonyl (C=O) groups excluding carboxylic acids is 3. The summed E-state index contributed by atoms with van der Waals surface area (Å²) < 4.78 is 17.2. The zero-order valence-corrected chi connectivity index (χ0v) is 18.2. The van der Waals surface area contributed by atoms with E-state index in [0.29, 0.717) is 30.6 Å². The number of carbonyl (C=O) groups is 3. The molecule has 0 aromatic carbocycles. The third-order valence-corrected chi connectivity index (χ3v) is 7.20. The van der Waals surface area contributed by atoms with E-state index in [9.17, 15) is 14.4 Å². The van der Waals surface area contributed by atoms with Crippen LogP contribution in [0.2, 0.25) is 0 Å². The van der Waals surface area contributed by atoms with E-state index in [0.717, 1.165) is 12.0 Å². The number of ether oxygens (including phenoxy) is 2. The number of fused-ring (bicyclic) bond motifs is 2. The van der Waals surface area contributed by atoms with E-state index in [1.54, 1.807) is 6.26 Å². The Balaban J connectivity index is 1.95. The number of aryl methyl sites for hydroxylation is 1. The van der Waals surface area contributed by atoms with Crippen molar-refractivity contribution in [1.82, 2.24) is 0 Å². The fourth-order valence-corrected chi connectivity index (χ4v) is 5.04. The van der Waals surface area contributed by atoms with E-state index in [-0.39, 0.29) is 35.6 Å². The van der Waals surface area contributed by atoms with Gasteiger partial charge in [-0.05, 0) is 31.2 Å². The van der Waals surface area contributed by atoms with Gasteiger partial charge in [0.15, 0.2) is 5.76 Å². The van der Waals surface area contributed by atoms with Crippen LogP contribution in [-0.2, 0) is 19.1 Å². The molecule has 0 amide bonds. The second-order valence-corrected chi connectivity index (χ2v) is 9.05. The van der Waals surface area contributed by atoms with Crippen LogP contribution < -0.4 is 0 Å². The SMILES string of the molecule is CC[C@H](C)CC(=O)O[C@@H]1CC[C@H]2C(=O)c3occ(C)c3[C@@H](OC(C)=O)[C@]2(C)[C@H]1C. The molecule has 0 spiro atoms. The Morgan fingerprint density at radius 1 is 1.31 bits per heavy atom. The van der Waals surface area contributed by atoms with Crippen LogP contribution in [0.15, 0.2) is 10.7 Å². The fraction of sp³-hybridized carbons (Fsp3) is 0.696. The van der Waals surface area contributed by atoms with Crippen molar-refractivity contribution < 1.29 is 28.3 Å². The first kappa shape index (κ1) is 21.6. The summed E-state index contributed by atoms with van der Waals surface area (Å²) in [4.78, 5) is 37.6. The van der Waals surface area contributed by atoms with Crippen molar-refractivity contribution in [3.63, 3.8) is 0 Å². The maximum atomic E-state index is 13.2. The Bertz CT molecular complexity index is 808. The minimum atomic E-state index is -0.677. The van der Waals surface area contributed by atoms with E-state index < -0.39 is 17.5 Å². The molecule has 6 nitrogen and oxygen atoms in total. The van der Waals surface area contributed by atoms with Crippen molar-refractivity contribution in [2.45, 2.75) is 79.4 Å². The topological polar surface area (TPSA) is 82.8 Å². The largest absolute Gasteiger partial charge is 0.462 e. The van der Waals surface area contributed by atoms with Gasteiger partial charge in [-0.15, -0.1) is 0 Å². The average molecular weight is 405 g/mol. The lowest BCUT2D eigenvalue weighted by Gasteiger charge is -2.53. The van der Waals surface area contributed by atoms with E-state index in [2.05, 4.69) is 6.92 Å². The van der Waals surface area contributed by atoms with Crippen molar-refractivity contribution in [2.75, 3.05) is 0 Å². The number of rotatable bonds is 5. The van der Waals surface area contributed by atoms with Gasteiger partial charge in [0.1, 0.15) is 12.2 Å². The molecule has 0 aliphatic heterocycles. The summed E-state index contributed by atoms with van der Waals surface area (Å²) in [5.74, 6) is -0.581. The lowest BCUT2D eigenvalue weighted by molar-refractivity contribution is -0.181. The molecule has 6 heteroatoms. The molecule has 0 unspecified atom stereocenters. The first-order chi connectivity index (χ1) is 13.6. The summed E-state index contributed by atoms with van der Waals surface area (Å²) in [6.07, 6.45) is 3.11. The maximum Gasteiger partial charge on any atom is 0.306 e. The van der Waals surface area contributed by atoms with Crippen molar-refractivity contribution >= 4 is 17.7 Å². The zero-order valence-electron chi connectivity index (χ0n) is 18.2. The normalized spacial score (nSPS) is 32.1. The molecule has 2 aliphatic carbocycles. The van der Waals surface area contributed by atoms with E-state index in [1.165, 1.54) is 6.92 Å². The molecule has 29 heavy (non-hydrogen) atoms.